The molecule has 0 heterocycles. The van der Waals surface area contributed by atoms with Gasteiger partial charge in [-0.05, 0) is 29.8 Å². The molecule has 5 heteroatoms. The molecule has 0 bridgehead atoms. The summed E-state index contributed by atoms with van der Waals surface area (Å²) in [5, 5.41) is 8.92. The Hall–Kier alpha value is -2.01. The minimum Gasteiger partial charge on any atom is -0.481 e. The molecule has 0 fully saturated rings. The van der Waals surface area contributed by atoms with E-state index in [1.54, 1.807) is 0 Å². The van der Waals surface area contributed by atoms with Crippen molar-refractivity contribution in [3.63, 3.8) is 0 Å². The molecule has 0 aliphatic heterocycles. The van der Waals surface area contributed by atoms with E-state index < -0.39 is 5.97 Å². The molecule has 0 atom stereocenters. The Balaban J connectivity index is 2.21. The molecule has 2 aromatic carbocycles. The zero-order valence-corrected chi connectivity index (χ0v) is 13.1. The average Bonchev–Trinajstić information content (AvgIpc) is 2.46. The zero-order chi connectivity index (χ0) is 15.2. The maximum Gasteiger partial charge on any atom is 0.305 e. The van der Waals surface area contributed by atoms with Crippen molar-refractivity contribution >= 4 is 33.3 Å². The first-order chi connectivity index (χ1) is 10.1. The Morgan fingerprint density at radius 2 is 1.81 bits per heavy atom. The first-order valence-electron chi connectivity index (χ1n) is 6.62. The summed E-state index contributed by atoms with van der Waals surface area (Å²) in [4.78, 5) is 12.8. The van der Waals surface area contributed by atoms with E-state index in [1.165, 1.54) is 0 Å². The second kappa shape index (κ2) is 7.13. The first kappa shape index (κ1) is 15.4. The lowest BCUT2D eigenvalue weighted by Crippen LogP contribution is -2.26. The summed E-state index contributed by atoms with van der Waals surface area (Å²) in [6, 6.07) is 15.5. The number of carbonyl (C=O) groups is 1. The van der Waals surface area contributed by atoms with Crippen LogP contribution in [0.25, 0.3) is 0 Å². The molecular weight excluding hydrogens is 332 g/mol. The van der Waals surface area contributed by atoms with E-state index in [0.29, 0.717) is 18.8 Å². The molecule has 0 saturated heterocycles. The fourth-order valence-electron chi connectivity index (χ4n) is 2.10. The molecule has 0 radical (unpaired) electrons. The Labute approximate surface area is 132 Å². The van der Waals surface area contributed by atoms with Gasteiger partial charge < -0.3 is 15.7 Å². The van der Waals surface area contributed by atoms with E-state index in [9.17, 15) is 4.79 Å². The number of benzene rings is 2. The second-order valence-corrected chi connectivity index (χ2v) is 5.67. The van der Waals surface area contributed by atoms with Crippen LogP contribution in [0.4, 0.5) is 11.4 Å². The van der Waals surface area contributed by atoms with Crippen molar-refractivity contribution in [1.82, 2.24) is 0 Å². The third kappa shape index (κ3) is 4.49. The molecule has 0 aliphatic carbocycles. The van der Waals surface area contributed by atoms with Crippen LogP contribution in [0.5, 0.6) is 0 Å². The summed E-state index contributed by atoms with van der Waals surface area (Å²) in [5.41, 5.74) is 8.63. The summed E-state index contributed by atoms with van der Waals surface area (Å²) in [6.45, 7) is 1.04. The predicted octanol–water partition coefficient (Wildman–Crippen LogP) is 3.51. The number of hydrogen-bond acceptors (Lipinski definition) is 3. The van der Waals surface area contributed by atoms with Crippen molar-refractivity contribution in [2.75, 3.05) is 17.2 Å². The highest BCUT2D eigenvalue weighted by atomic mass is 79.9. The van der Waals surface area contributed by atoms with E-state index in [0.717, 1.165) is 15.7 Å². The van der Waals surface area contributed by atoms with E-state index in [4.69, 9.17) is 10.8 Å². The normalized spacial score (nSPS) is 10.3. The minimum atomic E-state index is -0.815. The summed E-state index contributed by atoms with van der Waals surface area (Å²) in [5.74, 6) is -0.815. The number of carboxylic acids is 1. The molecule has 110 valence electrons. The zero-order valence-electron chi connectivity index (χ0n) is 11.5. The van der Waals surface area contributed by atoms with Crippen LogP contribution in [0, 0.1) is 0 Å². The van der Waals surface area contributed by atoms with Gasteiger partial charge in [0.1, 0.15) is 0 Å². The lowest BCUT2D eigenvalue weighted by atomic mass is 10.1. The third-order valence-corrected chi connectivity index (χ3v) is 3.69. The molecular formula is C16H17BrN2O2. The number of carboxylic acid groups (broad SMARTS) is 1. The maximum atomic E-state index is 10.9. The molecule has 0 unspecified atom stereocenters. The maximum absolute atomic E-state index is 10.9. The number of rotatable bonds is 6. The van der Waals surface area contributed by atoms with Crippen molar-refractivity contribution in [3.8, 4) is 0 Å². The molecule has 2 aromatic rings. The average molecular weight is 349 g/mol. The minimum absolute atomic E-state index is 0.0743. The molecule has 0 spiro atoms. The van der Waals surface area contributed by atoms with Gasteiger partial charge in [0.2, 0.25) is 0 Å². The van der Waals surface area contributed by atoms with Crippen molar-refractivity contribution in [2.24, 2.45) is 0 Å². The van der Waals surface area contributed by atoms with E-state index >= 15 is 0 Å². The van der Waals surface area contributed by atoms with Crippen LogP contribution in [-0.4, -0.2) is 17.6 Å². The molecule has 21 heavy (non-hydrogen) atoms. The number of hydrogen-bond donors (Lipinski definition) is 2. The lowest BCUT2D eigenvalue weighted by Gasteiger charge is -2.25. The molecule has 0 aromatic heterocycles. The molecule has 0 amide bonds. The highest BCUT2D eigenvalue weighted by molar-refractivity contribution is 9.10. The lowest BCUT2D eigenvalue weighted by molar-refractivity contribution is -0.136. The van der Waals surface area contributed by atoms with Crippen LogP contribution in [0.3, 0.4) is 0 Å². The van der Waals surface area contributed by atoms with E-state index in [-0.39, 0.29) is 6.42 Å². The van der Waals surface area contributed by atoms with Gasteiger partial charge in [-0.1, -0.05) is 40.2 Å². The van der Waals surface area contributed by atoms with Gasteiger partial charge in [-0.25, -0.2) is 0 Å². The van der Waals surface area contributed by atoms with Crippen LogP contribution in [0.1, 0.15) is 12.0 Å². The van der Waals surface area contributed by atoms with Gasteiger partial charge in [0.15, 0.2) is 0 Å². The topological polar surface area (TPSA) is 66.6 Å². The fraction of sp³-hybridized carbons (Fsp3) is 0.188. The first-order valence-corrected chi connectivity index (χ1v) is 7.41. The van der Waals surface area contributed by atoms with Gasteiger partial charge in [-0.3, -0.25) is 4.79 Å². The van der Waals surface area contributed by atoms with E-state index in [2.05, 4.69) is 15.9 Å². The molecule has 3 N–H and O–H groups in total. The summed E-state index contributed by atoms with van der Waals surface area (Å²) < 4.78 is 1.02. The standard InChI is InChI=1S/C16H17BrN2O2/c17-13-7-5-12(6-8-13)11-19(10-9-16(20)21)15-4-2-1-3-14(15)18/h1-8H,9-11,18H2,(H,20,21). The van der Waals surface area contributed by atoms with Gasteiger partial charge in [0, 0.05) is 17.6 Å². The van der Waals surface area contributed by atoms with Crippen LogP contribution < -0.4 is 10.6 Å². The highest BCUT2D eigenvalue weighted by Crippen LogP contribution is 2.25. The van der Waals surface area contributed by atoms with Crippen molar-refractivity contribution in [1.29, 1.82) is 0 Å². The smallest absolute Gasteiger partial charge is 0.305 e. The summed E-state index contributed by atoms with van der Waals surface area (Å²) in [6.07, 6.45) is 0.0743. The molecule has 4 nitrogen and oxygen atoms in total. The summed E-state index contributed by atoms with van der Waals surface area (Å²) >= 11 is 3.41. The number of nitrogens with two attached hydrogens (primary N) is 1. The second-order valence-electron chi connectivity index (χ2n) is 4.75. The molecule has 2 rings (SSSR count). The summed E-state index contributed by atoms with van der Waals surface area (Å²) in [7, 11) is 0. The number of nitrogen functional groups attached to an aromatic ring is 1. The molecule has 0 saturated carbocycles. The number of halogens is 1. The van der Waals surface area contributed by atoms with Crippen LogP contribution >= 0.6 is 15.9 Å². The van der Waals surface area contributed by atoms with Crippen molar-refractivity contribution in [2.45, 2.75) is 13.0 Å². The van der Waals surface area contributed by atoms with E-state index in [1.807, 2.05) is 53.4 Å². The van der Waals surface area contributed by atoms with Crippen molar-refractivity contribution < 1.29 is 9.90 Å². The number of nitrogens with zero attached hydrogens (tertiary/aromatic N) is 1. The number of aliphatic carboxylic acids is 1. The van der Waals surface area contributed by atoms with Gasteiger partial charge in [0.05, 0.1) is 17.8 Å². The third-order valence-electron chi connectivity index (χ3n) is 3.16. The van der Waals surface area contributed by atoms with Crippen molar-refractivity contribution in [3.05, 3.63) is 58.6 Å². The molecule has 0 aliphatic rings. The SMILES string of the molecule is Nc1ccccc1N(CCC(=O)O)Cc1ccc(Br)cc1. The Morgan fingerprint density at radius 1 is 1.14 bits per heavy atom. The number of anilines is 2. The Kier molecular flexibility index (Phi) is 5.22. The van der Waals surface area contributed by atoms with Gasteiger partial charge in [-0.2, -0.15) is 0 Å². The fourth-order valence-corrected chi connectivity index (χ4v) is 2.37. The van der Waals surface area contributed by atoms with Gasteiger partial charge in [0.25, 0.3) is 0 Å². The van der Waals surface area contributed by atoms with Crippen LogP contribution in [0.15, 0.2) is 53.0 Å². The van der Waals surface area contributed by atoms with Gasteiger partial charge >= 0.3 is 5.97 Å². The Morgan fingerprint density at radius 3 is 2.43 bits per heavy atom. The number of para-hydroxylation sites is 2. The monoisotopic (exact) mass is 348 g/mol. The highest BCUT2D eigenvalue weighted by Gasteiger charge is 2.12. The largest absolute Gasteiger partial charge is 0.481 e. The Bertz CT molecular complexity index is 614. The van der Waals surface area contributed by atoms with Crippen LogP contribution in [0.2, 0.25) is 0 Å². The van der Waals surface area contributed by atoms with Gasteiger partial charge in [-0.15, -0.1) is 0 Å². The predicted molar refractivity (Wildman–Crippen MR) is 88.3 cm³/mol. The van der Waals surface area contributed by atoms with Crippen LogP contribution in [-0.2, 0) is 11.3 Å². The quantitative estimate of drug-likeness (QED) is 0.784.